The summed E-state index contributed by atoms with van der Waals surface area (Å²) in [4.78, 5) is 14.9. The maximum atomic E-state index is 10.8. The molecule has 0 unspecified atom stereocenters. The SMILES string of the molecule is Cc1cc(NC(C)C)c(-c2nnc(C(=O)O)o2)c(Cl)n1. The van der Waals surface area contributed by atoms with Crippen molar-refractivity contribution in [3.8, 4) is 11.5 Å². The molecule has 2 heterocycles. The van der Waals surface area contributed by atoms with Gasteiger partial charge in [0.05, 0.1) is 11.3 Å². The maximum absolute atomic E-state index is 10.8. The van der Waals surface area contributed by atoms with Crippen LogP contribution in [0.15, 0.2) is 10.5 Å². The third-order valence-electron chi connectivity index (χ3n) is 2.37. The van der Waals surface area contributed by atoms with Gasteiger partial charge in [-0.2, -0.15) is 0 Å². The van der Waals surface area contributed by atoms with E-state index in [2.05, 4.69) is 20.5 Å². The quantitative estimate of drug-likeness (QED) is 0.836. The molecule has 0 atom stereocenters. The van der Waals surface area contributed by atoms with Crippen LogP contribution in [0.5, 0.6) is 0 Å². The minimum Gasteiger partial charge on any atom is -0.474 e. The van der Waals surface area contributed by atoms with Crippen molar-refractivity contribution in [2.45, 2.75) is 26.8 Å². The Labute approximate surface area is 120 Å². The van der Waals surface area contributed by atoms with Crippen LogP contribution in [0.2, 0.25) is 5.15 Å². The Kier molecular flexibility index (Phi) is 3.89. The Hall–Kier alpha value is -2.15. The van der Waals surface area contributed by atoms with Crippen molar-refractivity contribution >= 4 is 23.3 Å². The number of anilines is 1. The van der Waals surface area contributed by atoms with Crippen LogP contribution < -0.4 is 5.32 Å². The summed E-state index contributed by atoms with van der Waals surface area (Å²) in [5.41, 5.74) is 1.78. The highest BCUT2D eigenvalue weighted by molar-refractivity contribution is 6.32. The van der Waals surface area contributed by atoms with Crippen LogP contribution in [0.3, 0.4) is 0 Å². The summed E-state index contributed by atoms with van der Waals surface area (Å²) in [6.45, 7) is 5.73. The molecule has 0 aliphatic carbocycles. The summed E-state index contributed by atoms with van der Waals surface area (Å²) in [5.74, 6) is -1.77. The lowest BCUT2D eigenvalue weighted by Gasteiger charge is -2.14. The largest absolute Gasteiger partial charge is 0.474 e. The summed E-state index contributed by atoms with van der Waals surface area (Å²) < 4.78 is 5.09. The van der Waals surface area contributed by atoms with Gasteiger partial charge < -0.3 is 14.8 Å². The van der Waals surface area contributed by atoms with Crippen LogP contribution in [0.1, 0.15) is 30.2 Å². The highest BCUT2D eigenvalue weighted by atomic mass is 35.5. The van der Waals surface area contributed by atoms with E-state index in [1.807, 2.05) is 13.8 Å². The Morgan fingerprint density at radius 2 is 2.15 bits per heavy atom. The number of nitrogens with zero attached hydrogens (tertiary/aromatic N) is 3. The molecule has 8 heteroatoms. The van der Waals surface area contributed by atoms with Crippen LogP contribution >= 0.6 is 11.6 Å². The number of aromatic carboxylic acids is 1. The van der Waals surface area contributed by atoms with E-state index >= 15 is 0 Å². The van der Waals surface area contributed by atoms with Gasteiger partial charge in [-0.05, 0) is 26.8 Å². The van der Waals surface area contributed by atoms with E-state index in [9.17, 15) is 4.79 Å². The van der Waals surface area contributed by atoms with Crippen molar-refractivity contribution in [2.75, 3.05) is 5.32 Å². The Morgan fingerprint density at radius 3 is 2.70 bits per heavy atom. The molecular formula is C12H13ClN4O3. The number of aryl methyl sites for hydroxylation is 1. The van der Waals surface area contributed by atoms with Crippen LogP contribution in [0.4, 0.5) is 5.69 Å². The summed E-state index contributed by atoms with van der Waals surface area (Å²) >= 11 is 6.12. The smallest absolute Gasteiger partial charge is 0.393 e. The summed E-state index contributed by atoms with van der Waals surface area (Å²) in [6, 6.07) is 1.93. The number of carbonyl (C=O) groups is 1. The summed E-state index contributed by atoms with van der Waals surface area (Å²) in [6.07, 6.45) is 0. The zero-order valence-corrected chi connectivity index (χ0v) is 11.9. The third kappa shape index (κ3) is 2.88. The topological polar surface area (TPSA) is 101 Å². The van der Waals surface area contributed by atoms with Crippen molar-refractivity contribution in [3.63, 3.8) is 0 Å². The zero-order chi connectivity index (χ0) is 14.9. The first-order chi connectivity index (χ1) is 9.38. The van der Waals surface area contributed by atoms with Crippen LogP contribution in [-0.2, 0) is 0 Å². The Morgan fingerprint density at radius 1 is 1.45 bits per heavy atom. The fourth-order valence-corrected chi connectivity index (χ4v) is 1.99. The number of halogens is 1. The first-order valence-electron chi connectivity index (χ1n) is 5.89. The molecule has 0 bridgehead atoms. The Balaban J connectivity index is 2.55. The zero-order valence-electron chi connectivity index (χ0n) is 11.1. The second-order valence-corrected chi connectivity index (χ2v) is 4.85. The molecule has 0 saturated heterocycles. The lowest BCUT2D eigenvalue weighted by Crippen LogP contribution is -2.11. The number of hydrogen-bond donors (Lipinski definition) is 2. The molecule has 0 aromatic carbocycles. The van der Waals surface area contributed by atoms with Crippen LogP contribution in [0, 0.1) is 6.92 Å². The lowest BCUT2D eigenvalue weighted by molar-refractivity contribution is 0.0654. The highest BCUT2D eigenvalue weighted by Crippen LogP contribution is 2.33. The molecule has 0 aliphatic heterocycles. The average Bonchev–Trinajstić information content (AvgIpc) is 2.76. The van der Waals surface area contributed by atoms with Gasteiger partial charge in [0.15, 0.2) is 0 Å². The van der Waals surface area contributed by atoms with E-state index in [1.54, 1.807) is 13.0 Å². The van der Waals surface area contributed by atoms with Gasteiger partial charge in [0.25, 0.3) is 5.89 Å². The highest BCUT2D eigenvalue weighted by Gasteiger charge is 2.21. The lowest BCUT2D eigenvalue weighted by atomic mass is 10.2. The van der Waals surface area contributed by atoms with Crippen molar-refractivity contribution < 1.29 is 14.3 Å². The second-order valence-electron chi connectivity index (χ2n) is 4.49. The van der Waals surface area contributed by atoms with E-state index in [-0.39, 0.29) is 17.1 Å². The van der Waals surface area contributed by atoms with Gasteiger partial charge in [-0.3, -0.25) is 0 Å². The van der Waals surface area contributed by atoms with Gasteiger partial charge in [0.2, 0.25) is 0 Å². The number of hydrogen-bond acceptors (Lipinski definition) is 6. The predicted octanol–water partition coefficient (Wildman–Crippen LogP) is 2.61. The summed E-state index contributed by atoms with van der Waals surface area (Å²) in [7, 11) is 0. The summed E-state index contributed by atoms with van der Waals surface area (Å²) in [5, 5.41) is 19.3. The molecule has 0 spiro atoms. The fourth-order valence-electron chi connectivity index (χ4n) is 1.67. The Bertz CT molecular complexity index is 654. The molecular weight excluding hydrogens is 284 g/mol. The van der Waals surface area contributed by atoms with E-state index in [0.29, 0.717) is 11.3 Å². The van der Waals surface area contributed by atoms with Gasteiger partial charge in [-0.1, -0.05) is 11.6 Å². The molecule has 7 nitrogen and oxygen atoms in total. The molecule has 0 saturated carbocycles. The molecule has 0 radical (unpaired) electrons. The number of aromatic nitrogens is 3. The predicted molar refractivity (Wildman–Crippen MR) is 73.0 cm³/mol. The van der Waals surface area contributed by atoms with Crippen LogP contribution in [-0.4, -0.2) is 32.3 Å². The fraction of sp³-hybridized carbons (Fsp3) is 0.333. The van der Waals surface area contributed by atoms with Gasteiger partial charge in [0, 0.05) is 11.7 Å². The van der Waals surface area contributed by atoms with Crippen molar-refractivity contribution in [3.05, 3.63) is 22.8 Å². The van der Waals surface area contributed by atoms with Crippen molar-refractivity contribution in [2.24, 2.45) is 0 Å². The number of nitrogens with one attached hydrogen (secondary N) is 1. The van der Waals surface area contributed by atoms with Gasteiger partial charge >= 0.3 is 11.9 Å². The van der Waals surface area contributed by atoms with E-state index < -0.39 is 11.9 Å². The molecule has 2 aromatic rings. The molecule has 2 aromatic heterocycles. The third-order valence-corrected chi connectivity index (χ3v) is 2.64. The number of pyridine rings is 1. The average molecular weight is 297 g/mol. The molecule has 0 amide bonds. The standard InChI is InChI=1S/C12H13ClN4O3/c1-5(2)14-7-4-6(3)15-9(13)8(7)10-16-17-11(20-10)12(18)19/h4-5H,1-3H3,(H,14,15)(H,18,19). The van der Waals surface area contributed by atoms with Crippen LogP contribution in [0.25, 0.3) is 11.5 Å². The van der Waals surface area contributed by atoms with Crippen molar-refractivity contribution in [1.82, 2.24) is 15.2 Å². The van der Waals surface area contributed by atoms with Crippen molar-refractivity contribution in [1.29, 1.82) is 0 Å². The number of carboxylic acids is 1. The first kappa shape index (κ1) is 14.3. The maximum Gasteiger partial charge on any atom is 0.393 e. The van der Waals surface area contributed by atoms with Gasteiger partial charge in [-0.15, -0.1) is 10.2 Å². The number of rotatable bonds is 4. The van der Waals surface area contributed by atoms with E-state index in [1.165, 1.54) is 0 Å². The minimum atomic E-state index is -1.29. The molecule has 0 fully saturated rings. The second kappa shape index (κ2) is 5.46. The van der Waals surface area contributed by atoms with Gasteiger partial charge in [0.1, 0.15) is 5.15 Å². The normalized spacial score (nSPS) is 10.8. The molecule has 0 aliphatic rings. The number of carboxylic acid groups (broad SMARTS) is 1. The monoisotopic (exact) mass is 296 g/mol. The van der Waals surface area contributed by atoms with E-state index in [0.717, 1.165) is 5.69 Å². The first-order valence-corrected chi connectivity index (χ1v) is 6.27. The molecule has 2 N–H and O–H groups in total. The molecule has 2 rings (SSSR count). The minimum absolute atomic E-state index is 0.0167. The molecule has 106 valence electrons. The van der Waals surface area contributed by atoms with E-state index in [4.69, 9.17) is 21.1 Å². The molecule has 20 heavy (non-hydrogen) atoms. The van der Waals surface area contributed by atoms with Gasteiger partial charge in [-0.25, -0.2) is 9.78 Å².